The van der Waals surface area contributed by atoms with Gasteiger partial charge in [0.15, 0.2) is 0 Å². The SMILES string of the molecule is C#CCOc1ccc(Br)cc1/C=N\NC(=O)CNC(=O)c1cccc(Br)c1. The monoisotopic (exact) mass is 491 g/mol. The molecule has 0 unspecified atom stereocenters. The van der Waals surface area contributed by atoms with Crippen molar-refractivity contribution in [1.82, 2.24) is 10.7 Å². The van der Waals surface area contributed by atoms with E-state index < -0.39 is 5.91 Å². The van der Waals surface area contributed by atoms with Crippen LogP contribution in [0.1, 0.15) is 15.9 Å². The van der Waals surface area contributed by atoms with Crippen LogP contribution in [0.3, 0.4) is 0 Å². The number of hydrogen-bond donors (Lipinski definition) is 2. The number of carbonyl (C=O) groups excluding carboxylic acids is 2. The molecule has 2 rings (SSSR count). The zero-order chi connectivity index (χ0) is 19.6. The van der Waals surface area contributed by atoms with Crippen LogP contribution >= 0.6 is 31.9 Å². The zero-order valence-corrected chi connectivity index (χ0v) is 17.2. The van der Waals surface area contributed by atoms with Gasteiger partial charge in [0.05, 0.1) is 12.8 Å². The fourth-order valence-electron chi connectivity index (χ4n) is 1.98. The lowest BCUT2D eigenvalue weighted by Gasteiger charge is -2.07. The van der Waals surface area contributed by atoms with Crippen LogP contribution in [-0.4, -0.2) is 31.2 Å². The summed E-state index contributed by atoms with van der Waals surface area (Å²) in [7, 11) is 0. The molecule has 6 nitrogen and oxygen atoms in total. The van der Waals surface area contributed by atoms with Crippen LogP contribution in [0, 0.1) is 12.3 Å². The third-order valence-electron chi connectivity index (χ3n) is 3.17. The molecule has 0 bridgehead atoms. The van der Waals surface area contributed by atoms with Crippen molar-refractivity contribution >= 4 is 49.9 Å². The van der Waals surface area contributed by atoms with E-state index in [9.17, 15) is 9.59 Å². The van der Waals surface area contributed by atoms with E-state index in [-0.39, 0.29) is 19.1 Å². The first kappa shape index (κ1) is 20.7. The Labute approximate surface area is 173 Å². The second kappa shape index (κ2) is 10.5. The third-order valence-corrected chi connectivity index (χ3v) is 4.16. The van der Waals surface area contributed by atoms with Crippen molar-refractivity contribution in [3.8, 4) is 18.1 Å². The molecule has 2 N–H and O–H groups in total. The number of rotatable bonds is 7. The summed E-state index contributed by atoms with van der Waals surface area (Å²) in [5, 5.41) is 6.40. The fourth-order valence-corrected chi connectivity index (χ4v) is 2.75. The average molecular weight is 493 g/mol. The van der Waals surface area contributed by atoms with Crippen molar-refractivity contribution in [2.75, 3.05) is 13.2 Å². The number of ether oxygens (including phenoxy) is 1. The first-order valence-corrected chi connectivity index (χ1v) is 9.29. The predicted octanol–water partition coefficient (Wildman–Crippen LogP) is 3.10. The van der Waals surface area contributed by atoms with Gasteiger partial charge in [-0.25, -0.2) is 5.43 Å². The van der Waals surface area contributed by atoms with Crippen LogP contribution in [-0.2, 0) is 4.79 Å². The van der Waals surface area contributed by atoms with E-state index in [0.717, 1.165) is 8.95 Å². The molecule has 0 aliphatic carbocycles. The Morgan fingerprint density at radius 2 is 1.96 bits per heavy atom. The summed E-state index contributed by atoms with van der Waals surface area (Å²) < 4.78 is 7.02. The second-order valence-corrected chi connectivity index (χ2v) is 6.99. The predicted molar refractivity (Wildman–Crippen MR) is 111 cm³/mol. The van der Waals surface area contributed by atoms with Crippen LogP contribution in [0.4, 0.5) is 0 Å². The summed E-state index contributed by atoms with van der Waals surface area (Å²) >= 11 is 6.65. The molecule has 2 amide bonds. The summed E-state index contributed by atoms with van der Waals surface area (Å²) in [5.74, 6) is 2.11. The number of hydrazone groups is 1. The van der Waals surface area contributed by atoms with E-state index in [1.807, 2.05) is 6.07 Å². The van der Waals surface area contributed by atoms with Crippen molar-refractivity contribution in [3.63, 3.8) is 0 Å². The van der Waals surface area contributed by atoms with Gasteiger partial charge in [-0.1, -0.05) is 43.8 Å². The molecule has 27 heavy (non-hydrogen) atoms. The molecule has 0 radical (unpaired) electrons. The van der Waals surface area contributed by atoms with Gasteiger partial charge in [-0.3, -0.25) is 9.59 Å². The minimum Gasteiger partial charge on any atom is -0.480 e. The number of terminal acetylenes is 1. The van der Waals surface area contributed by atoms with Crippen molar-refractivity contribution in [1.29, 1.82) is 0 Å². The Hall–Kier alpha value is -2.63. The lowest BCUT2D eigenvalue weighted by Crippen LogP contribution is -2.34. The van der Waals surface area contributed by atoms with Gasteiger partial charge < -0.3 is 10.1 Å². The van der Waals surface area contributed by atoms with Gasteiger partial charge in [0.25, 0.3) is 11.8 Å². The van der Waals surface area contributed by atoms with Crippen LogP contribution in [0.15, 0.2) is 56.5 Å². The number of halogens is 2. The van der Waals surface area contributed by atoms with E-state index in [1.54, 1.807) is 36.4 Å². The molecule has 0 aromatic heterocycles. The lowest BCUT2D eigenvalue weighted by atomic mass is 10.2. The minimum absolute atomic E-state index is 0.121. The summed E-state index contributed by atoms with van der Waals surface area (Å²) in [6.45, 7) is -0.0852. The summed E-state index contributed by atoms with van der Waals surface area (Å²) in [5.41, 5.74) is 3.43. The molecule has 0 saturated carbocycles. The topological polar surface area (TPSA) is 79.8 Å². The smallest absolute Gasteiger partial charge is 0.259 e. The number of nitrogens with zero attached hydrogens (tertiary/aromatic N) is 1. The Morgan fingerprint density at radius 1 is 1.19 bits per heavy atom. The maximum atomic E-state index is 12.0. The number of carbonyl (C=O) groups is 2. The van der Waals surface area contributed by atoms with Crippen molar-refractivity contribution in [2.24, 2.45) is 5.10 Å². The van der Waals surface area contributed by atoms with Crippen molar-refractivity contribution < 1.29 is 14.3 Å². The Morgan fingerprint density at radius 3 is 2.70 bits per heavy atom. The molecule has 0 atom stereocenters. The molecule has 2 aromatic carbocycles. The third kappa shape index (κ3) is 6.89. The van der Waals surface area contributed by atoms with Gasteiger partial charge >= 0.3 is 0 Å². The van der Waals surface area contributed by atoms with Crippen LogP contribution in [0.25, 0.3) is 0 Å². The molecular weight excluding hydrogens is 478 g/mol. The molecule has 0 spiro atoms. The Bertz CT molecular complexity index is 907. The summed E-state index contributed by atoms with van der Waals surface area (Å²) in [4.78, 5) is 23.8. The molecule has 0 aliphatic rings. The van der Waals surface area contributed by atoms with E-state index in [2.05, 4.69) is 53.6 Å². The highest BCUT2D eigenvalue weighted by Crippen LogP contribution is 2.21. The summed E-state index contributed by atoms with van der Waals surface area (Å²) in [6, 6.07) is 12.2. The molecule has 0 heterocycles. The minimum atomic E-state index is -0.462. The molecule has 8 heteroatoms. The normalized spacial score (nSPS) is 10.3. The Kier molecular flexibility index (Phi) is 8.04. The number of hydrogen-bond acceptors (Lipinski definition) is 4. The van der Waals surface area contributed by atoms with Crippen LogP contribution < -0.4 is 15.5 Å². The van der Waals surface area contributed by atoms with Crippen molar-refractivity contribution in [2.45, 2.75) is 0 Å². The van der Waals surface area contributed by atoms with E-state index in [0.29, 0.717) is 16.9 Å². The van der Waals surface area contributed by atoms with Gasteiger partial charge in [0.1, 0.15) is 12.4 Å². The first-order valence-electron chi connectivity index (χ1n) is 7.71. The highest BCUT2D eigenvalue weighted by molar-refractivity contribution is 9.10. The van der Waals surface area contributed by atoms with Gasteiger partial charge in [0, 0.05) is 20.1 Å². The van der Waals surface area contributed by atoms with Gasteiger partial charge in [-0.2, -0.15) is 5.10 Å². The van der Waals surface area contributed by atoms with E-state index in [1.165, 1.54) is 6.21 Å². The number of benzene rings is 2. The molecule has 2 aromatic rings. The van der Waals surface area contributed by atoms with Gasteiger partial charge in [0.2, 0.25) is 0 Å². The lowest BCUT2D eigenvalue weighted by molar-refractivity contribution is -0.120. The molecule has 0 saturated heterocycles. The largest absolute Gasteiger partial charge is 0.480 e. The summed E-state index contributed by atoms with van der Waals surface area (Å²) in [6.07, 6.45) is 6.63. The second-order valence-electron chi connectivity index (χ2n) is 5.16. The fraction of sp³-hybridized carbons (Fsp3) is 0.105. The zero-order valence-electron chi connectivity index (χ0n) is 14.0. The quantitative estimate of drug-likeness (QED) is 0.354. The van der Waals surface area contributed by atoms with Crippen LogP contribution in [0.2, 0.25) is 0 Å². The van der Waals surface area contributed by atoms with Gasteiger partial charge in [-0.15, -0.1) is 6.42 Å². The van der Waals surface area contributed by atoms with E-state index in [4.69, 9.17) is 11.2 Å². The van der Waals surface area contributed by atoms with Gasteiger partial charge in [-0.05, 0) is 36.4 Å². The maximum Gasteiger partial charge on any atom is 0.259 e. The van der Waals surface area contributed by atoms with Crippen molar-refractivity contribution in [3.05, 3.63) is 62.5 Å². The molecule has 0 aliphatic heterocycles. The Balaban J connectivity index is 1.89. The van der Waals surface area contributed by atoms with Crippen LogP contribution in [0.5, 0.6) is 5.75 Å². The van der Waals surface area contributed by atoms with E-state index >= 15 is 0 Å². The maximum absolute atomic E-state index is 12.0. The highest BCUT2D eigenvalue weighted by Gasteiger charge is 2.08. The highest BCUT2D eigenvalue weighted by atomic mass is 79.9. The molecule has 0 fully saturated rings. The number of amides is 2. The average Bonchev–Trinajstić information content (AvgIpc) is 2.65. The first-order chi connectivity index (χ1) is 13.0. The molecule has 138 valence electrons. The standard InChI is InChI=1S/C19H15Br2N3O3/c1-2-8-27-17-7-6-16(21)10-14(17)11-23-24-18(25)12-22-19(26)13-4-3-5-15(20)9-13/h1,3-7,9-11H,8,12H2,(H,22,26)(H,24,25)/b23-11-. The molecular formula is C19H15Br2N3O3. The number of nitrogens with one attached hydrogen (secondary N) is 2.